The molecule has 0 radical (unpaired) electrons. The highest BCUT2D eigenvalue weighted by atomic mass is 16.9. The first-order valence-corrected chi connectivity index (χ1v) is 10.9. The van der Waals surface area contributed by atoms with Gasteiger partial charge in [0.1, 0.15) is 24.1 Å². The highest BCUT2D eigenvalue weighted by Crippen LogP contribution is 2.44. The minimum atomic E-state index is -1.09. The number of hydrogen-bond acceptors (Lipinski definition) is 9. The van der Waals surface area contributed by atoms with E-state index in [0.29, 0.717) is 0 Å². The van der Waals surface area contributed by atoms with Crippen molar-refractivity contribution >= 4 is 23.4 Å². The van der Waals surface area contributed by atoms with Crippen LogP contribution in [0.5, 0.6) is 5.75 Å². The van der Waals surface area contributed by atoms with Gasteiger partial charge in [-0.15, -0.1) is 0 Å². The molecule has 0 aromatic heterocycles. The van der Waals surface area contributed by atoms with Crippen LogP contribution in [0.4, 0.5) is 5.69 Å². The second kappa shape index (κ2) is 9.12. The lowest BCUT2D eigenvalue weighted by atomic mass is 9.98. The summed E-state index contributed by atoms with van der Waals surface area (Å²) in [6, 6.07) is 6.21. The lowest BCUT2D eigenvalue weighted by Crippen LogP contribution is -2.60. The average Bonchev–Trinajstić information content (AvgIpc) is 3.25. The van der Waals surface area contributed by atoms with Crippen LogP contribution in [-0.2, 0) is 38.1 Å². The lowest BCUT2D eigenvalue weighted by molar-refractivity contribution is -0.231. The van der Waals surface area contributed by atoms with Gasteiger partial charge in [-0.05, 0) is 39.8 Å². The Morgan fingerprint density at radius 3 is 2.21 bits per heavy atom. The monoisotopic (exact) mass is 479 g/mol. The van der Waals surface area contributed by atoms with E-state index in [2.05, 4.69) is 16.0 Å². The van der Waals surface area contributed by atoms with Crippen molar-refractivity contribution in [2.24, 2.45) is 0 Å². The summed E-state index contributed by atoms with van der Waals surface area (Å²) in [4.78, 5) is 37.0. The quantitative estimate of drug-likeness (QED) is 0.412. The smallest absolute Gasteiger partial charge is 0.252 e. The molecule has 0 aliphatic carbocycles. The molecular weight excluding hydrogens is 450 g/mol. The summed E-state index contributed by atoms with van der Waals surface area (Å²) < 4.78 is 29.3. The second-order valence-electron chi connectivity index (χ2n) is 9.15. The molecule has 4 rings (SSSR count). The van der Waals surface area contributed by atoms with Crippen molar-refractivity contribution in [2.45, 2.75) is 70.0 Å². The molecular formula is C22H29N3O9. The highest BCUT2D eigenvalue weighted by Gasteiger charge is 2.62. The molecule has 5 unspecified atom stereocenters. The van der Waals surface area contributed by atoms with Crippen LogP contribution in [0.1, 0.15) is 27.7 Å². The van der Waals surface area contributed by atoms with E-state index >= 15 is 0 Å². The third kappa shape index (κ3) is 5.31. The predicted octanol–water partition coefficient (Wildman–Crippen LogP) is -0.0404. The average molecular weight is 479 g/mol. The second-order valence-corrected chi connectivity index (χ2v) is 9.15. The Labute approximate surface area is 196 Å². The van der Waals surface area contributed by atoms with Gasteiger partial charge in [0.25, 0.3) is 5.91 Å². The number of phenolic OH excluding ortho intramolecular Hbond substituents is 1. The SMILES string of the molecule is CC1(C)OC2OC(C(=O)NCC(=O)NCC(=O)Nc3ccccc3O)C3OC(C)(C)OC3C2O1. The maximum Gasteiger partial charge on any atom is 0.252 e. The molecule has 3 heterocycles. The van der Waals surface area contributed by atoms with Crippen molar-refractivity contribution < 1.29 is 43.2 Å². The zero-order valence-corrected chi connectivity index (χ0v) is 19.3. The molecule has 3 aliphatic rings. The van der Waals surface area contributed by atoms with Gasteiger partial charge in [-0.2, -0.15) is 0 Å². The summed E-state index contributed by atoms with van der Waals surface area (Å²) in [6.45, 7) is 6.19. The fourth-order valence-corrected chi connectivity index (χ4v) is 4.11. The standard InChI is InChI=1S/C22H29N3O9/c1-21(2)31-15-16(32-21)18-20(34-22(3,4)33-18)30-17(15)19(29)24-9-13(27)23-10-14(28)25-11-7-5-6-8-12(11)26/h5-8,15-18,20,26H,9-10H2,1-4H3,(H,23,27)(H,24,29)(H,25,28). The summed E-state index contributed by atoms with van der Waals surface area (Å²) in [6.07, 6.45) is -3.87. The van der Waals surface area contributed by atoms with Gasteiger partial charge in [-0.1, -0.05) is 12.1 Å². The van der Waals surface area contributed by atoms with E-state index in [9.17, 15) is 19.5 Å². The summed E-state index contributed by atoms with van der Waals surface area (Å²) in [5.74, 6) is -3.68. The molecule has 3 aliphatic heterocycles. The van der Waals surface area contributed by atoms with Gasteiger partial charge in [0.05, 0.1) is 18.8 Å². The van der Waals surface area contributed by atoms with Gasteiger partial charge in [-0.25, -0.2) is 0 Å². The maximum absolute atomic E-state index is 12.9. The molecule has 3 fully saturated rings. The van der Waals surface area contributed by atoms with Crippen molar-refractivity contribution in [3.63, 3.8) is 0 Å². The first-order valence-electron chi connectivity index (χ1n) is 10.9. The van der Waals surface area contributed by atoms with Gasteiger partial charge in [-0.3, -0.25) is 14.4 Å². The Balaban J connectivity index is 1.29. The molecule has 0 bridgehead atoms. The number of hydrogen-bond donors (Lipinski definition) is 4. The summed E-state index contributed by atoms with van der Waals surface area (Å²) in [5.41, 5.74) is 0.223. The van der Waals surface area contributed by atoms with E-state index in [0.717, 1.165) is 0 Å². The molecule has 3 amide bonds. The molecule has 1 aromatic carbocycles. The van der Waals surface area contributed by atoms with Crippen LogP contribution in [0.3, 0.4) is 0 Å². The van der Waals surface area contributed by atoms with E-state index in [1.807, 2.05) is 0 Å². The Kier molecular flexibility index (Phi) is 6.53. The van der Waals surface area contributed by atoms with Gasteiger partial charge in [0.15, 0.2) is 24.0 Å². The highest BCUT2D eigenvalue weighted by molar-refractivity contribution is 5.96. The number of carbonyl (C=O) groups excluding carboxylic acids is 3. The van der Waals surface area contributed by atoms with Crippen LogP contribution in [0, 0.1) is 0 Å². The number of nitrogens with one attached hydrogen (secondary N) is 3. The molecule has 4 N–H and O–H groups in total. The van der Waals surface area contributed by atoms with Gasteiger partial charge in [0, 0.05) is 0 Å². The van der Waals surface area contributed by atoms with Crippen LogP contribution in [0.25, 0.3) is 0 Å². The Morgan fingerprint density at radius 1 is 0.853 bits per heavy atom. The van der Waals surface area contributed by atoms with Crippen LogP contribution in [0.2, 0.25) is 0 Å². The van der Waals surface area contributed by atoms with Gasteiger partial charge < -0.3 is 44.7 Å². The van der Waals surface area contributed by atoms with Crippen molar-refractivity contribution in [1.29, 1.82) is 0 Å². The minimum absolute atomic E-state index is 0.0937. The number of ether oxygens (including phenoxy) is 5. The number of carbonyl (C=O) groups is 3. The van der Waals surface area contributed by atoms with Gasteiger partial charge in [0.2, 0.25) is 11.8 Å². The topological polar surface area (TPSA) is 154 Å². The van der Waals surface area contributed by atoms with E-state index in [1.54, 1.807) is 39.8 Å². The van der Waals surface area contributed by atoms with E-state index in [1.165, 1.54) is 12.1 Å². The van der Waals surface area contributed by atoms with Crippen molar-refractivity contribution in [2.75, 3.05) is 18.4 Å². The minimum Gasteiger partial charge on any atom is -0.506 e. The third-order valence-corrected chi connectivity index (χ3v) is 5.46. The number of fused-ring (bicyclic) bond motifs is 3. The summed E-state index contributed by atoms with van der Waals surface area (Å²) in [5, 5.41) is 17.1. The molecule has 34 heavy (non-hydrogen) atoms. The first-order chi connectivity index (χ1) is 15.9. The Morgan fingerprint density at radius 2 is 1.47 bits per heavy atom. The third-order valence-electron chi connectivity index (χ3n) is 5.46. The molecule has 0 saturated carbocycles. The number of para-hydroxylation sites is 2. The number of aromatic hydroxyl groups is 1. The molecule has 186 valence electrons. The zero-order chi connectivity index (χ0) is 24.7. The molecule has 1 aromatic rings. The summed E-state index contributed by atoms with van der Waals surface area (Å²) >= 11 is 0. The van der Waals surface area contributed by atoms with Crippen LogP contribution in [-0.4, -0.2) is 78.2 Å². The molecule has 0 spiro atoms. The van der Waals surface area contributed by atoms with Crippen molar-refractivity contribution in [1.82, 2.24) is 10.6 Å². The normalized spacial score (nSPS) is 30.6. The Hall–Kier alpha value is -2.77. The predicted molar refractivity (Wildman–Crippen MR) is 115 cm³/mol. The molecule has 12 heteroatoms. The van der Waals surface area contributed by atoms with Crippen molar-refractivity contribution in [3.05, 3.63) is 24.3 Å². The van der Waals surface area contributed by atoms with Crippen molar-refractivity contribution in [3.8, 4) is 5.75 Å². The van der Waals surface area contributed by atoms with E-state index in [-0.39, 0.29) is 24.5 Å². The summed E-state index contributed by atoms with van der Waals surface area (Å²) in [7, 11) is 0. The number of benzene rings is 1. The van der Waals surface area contributed by atoms with E-state index < -0.39 is 60.0 Å². The maximum atomic E-state index is 12.9. The number of rotatable bonds is 6. The van der Waals surface area contributed by atoms with Crippen LogP contribution < -0.4 is 16.0 Å². The number of amides is 3. The Bertz CT molecular complexity index is 967. The lowest BCUT2D eigenvalue weighted by Gasteiger charge is -2.36. The molecule has 5 atom stereocenters. The fourth-order valence-electron chi connectivity index (χ4n) is 4.11. The number of anilines is 1. The van der Waals surface area contributed by atoms with Crippen LogP contribution >= 0.6 is 0 Å². The van der Waals surface area contributed by atoms with Gasteiger partial charge >= 0.3 is 0 Å². The molecule has 12 nitrogen and oxygen atoms in total. The first kappa shape index (κ1) is 24.4. The number of phenols is 1. The molecule has 3 saturated heterocycles. The van der Waals surface area contributed by atoms with Crippen LogP contribution in [0.15, 0.2) is 24.3 Å². The zero-order valence-electron chi connectivity index (χ0n) is 19.3. The fraction of sp³-hybridized carbons (Fsp3) is 0.591. The van der Waals surface area contributed by atoms with E-state index in [4.69, 9.17) is 23.7 Å². The largest absolute Gasteiger partial charge is 0.506 e.